The zero-order valence-corrected chi connectivity index (χ0v) is 46.0. The van der Waals surface area contributed by atoms with Gasteiger partial charge < -0.3 is 14.2 Å². The molecule has 398 valence electrons. The number of hydrogen-bond acceptors (Lipinski definition) is 6. The van der Waals surface area contributed by atoms with Gasteiger partial charge in [0.1, 0.15) is 13.2 Å². The Hall–Kier alpha value is -1.59. The Morgan fingerprint density at radius 1 is 0.313 bits per heavy atom. The second-order valence-corrected chi connectivity index (χ2v) is 21.7. The van der Waals surface area contributed by atoms with Crippen molar-refractivity contribution in [3.8, 4) is 0 Å². The van der Waals surface area contributed by atoms with Gasteiger partial charge in [0.25, 0.3) is 0 Å². The van der Waals surface area contributed by atoms with Gasteiger partial charge in [-0.1, -0.05) is 304 Å². The van der Waals surface area contributed by atoms with Crippen molar-refractivity contribution in [1.29, 1.82) is 0 Å². The van der Waals surface area contributed by atoms with Gasteiger partial charge in [0.2, 0.25) is 0 Å². The first-order chi connectivity index (χ1) is 32.8. The van der Waals surface area contributed by atoms with E-state index in [1.165, 1.54) is 231 Å². The fourth-order valence-corrected chi connectivity index (χ4v) is 9.37. The van der Waals surface area contributed by atoms with Crippen molar-refractivity contribution in [3.05, 3.63) is 0 Å². The maximum atomic E-state index is 12.8. The van der Waals surface area contributed by atoms with Crippen LogP contribution in [-0.4, -0.2) is 37.2 Å². The number of esters is 3. The normalized spacial score (nSPS) is 12.4. The van der Waals surface area contributed by atoms with E-state index in [0.29, 0.717) is 19.3 Å². The maximum absolute atomic E-state index is 12.8. The van der Waals surface area contributed by atoms with E-state index in [1.807, 2.05) is 0 Å². The first-order valence-electron chi connectivity index (χ1n) is 30.3. The largest absolute Gasteiger partial charge is 0.462 e. The summed E-state index contributed by atoms with van der Waals surface area (Å²) >= 11 is 0. The fraction of sp³-hybridized carbons (Fsp3) is 0.951. The third-order valence-electron chi connectivity index (χ3n) is 14.3. The molecule has 0 saturated heterocycles. The average molecular weight is 948 g/mol. The summed E-state index contributed by atoms with van der Waals surface area (Å²) in [6.45, 7) is 11.4. The summed E-state index contributed by atoms with van der Waals surface area (Å²) in [5.74, 6) is 0.878. The lowest BCUT2D eigenvalue weighted by atomic mass is 9.99. The first kappa shape index (κ1) is 65.4. The molecule has 2 atom stereocenters. The van der Waals surface area contributed by atoms with Crippen LogP contribution in [0.3, 0.4) is 0 Å². The van der Waals surface area contributed by atoms with Gasteiger partial charge in [-0.2, -0.15) is 0 Å². The number of hydrogen-bond donors (Lipinski definition) is 0. The quantitative estimate of drug-likeness (QED) is 0.0343. The zero-order valence-electron chi connectivity index (χ0n) is 46.0. The Morgan fingerprint density at radius 2 is 0.567 bits per heavy atom. The molecule has 0 fully saturated rings. The summed E-state index contributed by atoms with van der Waals surface area (Å²) < 4.78 is 16.9. The molecule has 0 aromatic heterocycles. The van der Waals surface area contributed by atoms with Gasteiger partial charge in [-0.3, -0.25) is 14.4 Å². The van der Waals surface area contributed by atoms with E-state index in [2.05, 4.69) is 34.6 Å². The summed E-state index contributed by atoms with van der Waals surface area (Å²) in [6, 6.07) is 0. The first-order valence-corrected chi connectivity index (χ1v) is 30.3. The molecule has 0 bridgehead atoms. The van der Waals surface area contributed by atoms with Crippen molar-refractivity contribution in [2.45, 2.75) is 349 Å². The molecule has 1 unspecified atom stereocenters. The Kier molecular flexibility index (Phi) is 52.5. The minimum absolute atomic E-state index is 0.0628. The smallest absolute Gasteiger partial charge is 0.306 e. The van der Waals surface area contributed by atoms with E-state index in [-0.39, 0.29) is 31.1 Å². The van der Waals surface area contributed by atoms with Crippen LogP contribution in [0.25, 0.3) is 0 Å². The molecule has 0 spiro atoms. The Labute approximate surface area is 418 Å². The highest BCUT2D eigenvalue weighted by Crippen LogP contribution is 2.19. The molecular weight excluding hydrogens is 829 g/mol. The number of carbonyl (C=O) groups excluding carboxylic acids is 3. The van der Waals surface area contributed by atoms with Gasteiger partial charge in [0, 0.05) is 19.3 Å². The van der Waals surface area contributed by atoms with E-state index in [0.717, 1.165) is 69.6 Å². The molecule has 0 aliphatic rings. The predicted octanol–water partition coefficient (Wildman–Crippen LogP) is 20.0. The van der Waals surface area contributed by atoms with Gasteiger partial charge in [-0.15, -0.1) is 0 Å². The molecule has 0 radical (unpaired) electrons. The Balaban J connectivity index is 4.21. The number of unbranched alkanes of at least 4 members (excludes halogenated alkanes) is 39. The van der Waals surface area contributed by atoms with Crippen molar-refractivity contribution < 1.29 is 28.6 Å². The predicted molar refractivity (Wildman–Crippen MR) is 289 cm³/mol. The second kappa shape index (κ2) is 53.8. The SMILES string of the molecule is CCCCCCCCCCCCCCCCCC(=O)OC[C@@H](COC(=O)CCCCCCCCCCCCCCCCCCCCC(C)CC)OC(=O)CCCCCCCCCCCC(C)C. The topological polar surface area (TPSA) is 78.9 Å². The van der Waals surface area contributed by atoms with Crippen LogP contribution in [0.15, 0.2) is 0 Å². The Bertz CT molecular complexity index is 1030. The highest BCUT2D eigenvalue weighted by Gasteiger charge is 2.19. The number of rotatable bonds is 55. The highest BCUT2D eigenvalue weighted by atomic mass is 16.6. The summed E-state index contributed by atoms with van der Waals surface area (Å²) in [5.41, 5.74) is 0. The van der Waals surface area contributed by atoms with Crippen LogP contribution in [0.2, 0.25) is 0 Å². The van der Waals surface area contributed by atoms with Crippen LogP contribution in [0.5, 0.6) is 0 Å². The lowest BCUT2D eigenvalue weighted by Crippen LogP contribution is -2.30. The van der Waals surface area contributed by atoms with Crippen LogP contribution in [0.1, 0.15) is 343 Å². The van der Waals surface area contributed by atoms with Gasteiger partial charge >= 0.3 is 17.9 Å². The summed E-state index contributed by atoms with van der Waals surface area (Å²) in [5, 5.41) is 0. The summed E-state index contributed by atoms with van der Waals surface area (Å²) in [6.07, 6.45) is 58.1. The van der Waals surface area contributed by atoms with Gasteiger partial charge in [0.05, 0.1) is 0 Å². The zero-order chi connectivity index (χ0) is 48.9. The molecule has 6 heteroatoms. The van der Waals surface area contributed by atoms with Crippen LogP contribution in [-0.2, 0) is 28.6 Å². The Morgan fingerprint density at radius 3 is 0.851 bits per heavy atom. The standard InChI is InChI=1S/C61H118O6/c1-6-8-9-10-11-12-13-14-19-23-26-31-36-41-46-51-59(62)65-54-58(67-61(64)53-48-43-38-33-28-29-34-39-44-49-56(3)4)55-66-60(63)52-47-42-37-32-27-24-21-18-16-15-17-20-22-25-30-35-40-45-50-57(5)7-2/h56-58H,6-55H2,1-5H3/t57?,58-/m0/s1. The van der Waals surface area contributed by atoms with E-state index in [9.17, 15) is 14.4 Å². The van der Waals surface area contributed by atoms with Crippen molar-refractivity contribution in [3.63, 3.8) is 0 Å². The molecule has 0 aliphatic heterocycles. The number of carbonyl (C=O) groups is 3. The molecule has 0 N–H and O–H groups in total. The van der Waals surface area contributed by atoms with Gasteiger partial charge in [-0.05, 0) is 31.1 Å². The number of ether oxygens (including phenoxy) is 3. The van der Waals surface area contributed by atoms with Crippen LogP contribution >= 0.6 is 0 Å². The van der Waals surface area contributed by atoms with Crippen molar-refractivity contribution >= 4 is 17.9 Å². The molecule has 0 aromatic carbocycles. The monoisotopic (exact) mass is 947 g/mol. The second-order valence-electron chi connectivity index (χ2n) is 21.7. The molecule has 0 amide bonds. The third-order valence-corrected chi connectivity index (χ3v) is 14.3. The minimum atomic E-state index is -0.763. The molecular formula is C61H118O6. The highest BCUT2D eigenvalue weighted by molar-refractivity contribution is 5.71. The van der Waals surface area contributed by atoms with Crippen LogP contribution < -0.4 is 0 Å². The summed E-state index contributed by atoms with van der Waals surface area (Å²) in [4.78, 5) is 38.2. The molecule has 0 saturated carbocycles. The van der Waals surface area contributed by atoms with Crippen LogP contribution in [0.4, 0.5) is 0 Å². The summed E-state index contributed by atoms with van der Waals surface area (Å²) in [7, 11) is 0. The van der Waals surface area contributed by atoms with Crippen LogP contribution in [0, 0.1) is 11.8 Å². The molecule has 0 rings (SSSR count). The van der Waals surface area contributed by atoms with E-state index in [4.69, 9.17) is 14.2 Å². The molecule has 6 nitrogen and oxygen atoms in total. The maximum Gasteiger partial charge on any atom is 0.306 e. The lowest BCUT2D eigenvalue weighted by molar-refractivity contribution is -0.167. The van der Waals surface area contributed by atoms with E-state index < -0.39 is 6.10 Å². The fourth-order valence-electron chi connectivity index (χ4n) is 9.37. The van der Waals surface area contributed by atoms with E-state index in [1.54, 1.807) is 0 Å². The lowest BCUT2D eigenvalue weighted by Gasteiger charge is -2.18. The van der Waals surface area contributed by atoms with Crippen molar-refractivity contribution in [2.24, 2.45) is 11.8 Å². The molecule has 0 heterocycles. The van der Waals surface area contributed by atoms with E-state index >= 15 is 0 Å². The van der Waals surface area contributed by atoms with Gasteiger partial charge in [-0.25, -0.2) is 0 Å². The van der Waals surface area contributed by atoms with Crippen molar-refractivity contribution in [1.82, 2.24) is 0 Å². The minimum Gasteiger partial charge on any atom is -0.462 e. The van der Waals surface area contributed by atoms with Crippen molar-refractivity contribution in [2.75, 3.05) is 13.2 Å². The molecule has 0 aromatic rings. The molecule has 67 heavy (non-hydrogen) atoms. The molecule has 0 aliphatic carbocycles. The third kappa shape index (κ3) is 53.6. The average Bonchev–Trinajstić information content (AvgIpc) is 3.31. The van der Waals surface area contributed by atoms with Gasteiger partial charge in [0.15, 0.2) is 6.10 Å².